The van der Waals surface area contributed by atoms with E-state index in [4.69, 9.17) is 9.47 Å². The van der Waals surface area contributed by atoms with E-state index >= 15 is 0 Å². The van der Waals surface area contributed by atoms with Gasteiger partial charge in [0, 0.05) is 38.4 Å². The second-order valence-corrected chi connectivity index (χ2v) is 6.07. The molecule has 128 valence electrons. The molecule has 3 rings (SSSR count). The van der Waals surface area contributed by atoms with Crippen molar-refractivity contribution in [2.45, 2.75) is 31.9 Å². The minimum Gasteiger partial charge on any atom is -0.382 e. The molecule has 0 saturated carbocycles. The van der Waals surface area contributed by atoms with Gasteiger partial charge in [-0.05, 0) is 43.0 Å². The van der Waals surface area contributed by atoms with Crippen molar-refractivity contribution in [1.82, 2.24) is 15.0 Å². The highest BCUT2D eigenvalue weighted by atomic mass is 16.5. The Balaban J connectivity index is 1.77. The Kier molecular flexibility index (Phi) is 5.72. The first-order chi connectivity index (χ1) is 11.8. The maximum atomic E-state index is 6.07. The lowest BCUT2D eigenvalue weighted by molar-refractivity contribution is 0.0136. The standard InChI is InChI=1S/C18H24N4O2/c1-14-12-20-18(21-13-14)22-8-5-17(24-10-9-23-2)16(22)11-15-3-6-19-7-4-15/h3-4,6-7,12-13,16-17H,5,8-11H2,1-2H3/t16-,17+/m0/s1. The van der Waals surface area contributed by atoms with Gasteiger partial charge in [-0.25, -0.2) is 9.97 Å². The molecule has 1 aliphatic rings. The maximum Gasteiger partial charge on any atom is 0.225 e. The maximum absolute atomic E-state index is 6.07. The van der Waals surface area contributed by atoms with Crippen LogP contribution in [-0.2, 0) is 15.9 Å². The Bertz CT molecular complexity index is 621. The SMILES string of the molecule is COCCO[C@@H]1CCN(c2ncc(C)cn2)[C@H]1Cc1ccncc1. The van der Waals surface area contributed by atoms with Crippen LogP contribution in [0.15, 0.2) is 36.9 Å². The highest BCUT2D eigenvalue weighted by molar-refractivity contribution is 5.36. The van der Waals surface area contributed by atoms with Crippen molar-refractivity contribution in [3.8, 4) is 0 Å². The molecule has 0 radical (unpaired) electrons. The minimum atomic E-state index is 0.151. The first-order valence-electron chi connectivity index (χ1n) is 8.32. The predicted molar refractivity (Wildman–Crippen MR) is 92.1 cm³/mol. The molecule has 3 heterocycles. The van der Waals surface area contributed by atoms with Gasteiger partial charge in [0.05, 0.1) is 25.4 Å². The van der Waals surface area contributed by atoms with Crippen molar-refractivity contribution < 1.29 is 9.47 Å². The first kappa shape index (κ1) is 16.8. The molecular formula is C18H24N4O2. The van der Waals surface area contributed by atoms with E-state index in [9.17, 15) is 0 Å². The van der Waals surface area contributed by atoms with E-state index in [2.05, 4.69) is 32.0 Å². The number of methoxy groups -OCH3 is 1. The van der Waals surface area contributed by atoms with E-state index in [1.807, 2.05) is 31.7 Å². The fourth-order valence-corrected chi connectivity index (χ4v) is 3.09. The molecule has 0 amide bonds. The summed E-state index contributed by atoms with van der Waals surface area (Å²) in [7, 11) is 1.69. The molecule has 6 heteroatoms. The zero-order chi connectivity index (χ0) is 16.8. The summed E-state index contributed by atoms with van der Waals surface area (Å²) in [6, 6.07) is 4.32. The molecule has 1 fully saturated rings. The molecule has 2 aromatic heterocycles. The molecule has 24 heavy (non-hydrogen) atoms. The fourth-order valence-electron chi connectivity index (χ4n) is 3.09. The van der Waals surface area contributed by atoms with Crippen LogP contribution >= 0.6 is 0 Å². The summed E-state index contributed by atoms with van der Waals surface area (Å²) in [6.45, 7) is 4.12. The lowest BCUT2D eigenvalue weighted by Crippen LogP contribution is -2.39. The number of aromatic nitrogens is 3. The number of ether oxygens (including phenoxy) is 2. The van der Waals surface area contributed by atoms with E-state index in [0.29, 0.717) is 13.2 Å². The van der Waals surface area contributed by atoms with Crippen LogP contribution in [0.25, 0.3) is 0 Å². The summed E-state index contributed by atoms with van der Waals surface area (Å²) < 4.78 is 11.2. The van der Waals surface area contributed by atoms with E-state index in [-0.39, 0.29) is 12.1 Å². The van der Waals surface area contributed by atoms with Gasteiger partial charge in [0.25, 0.3) is 0 Å². The summed E-state index contributed by atoms with van der Waals surface area (Å²) >= 11 is 0. The van der Waals surface area contributed by atoms with Crippen LogP contribution in [0.3, 0.4) is 0 Å². The van der Waals surface area contributed by atoms with Crippen molar-refractivity contribution in [2.75, 3.05) is 31.8 Å². The van der Waals surface area contributed by atoms with Gasteiger partial charge in [0.15, 0.2) is 0 Å². The Morgan fingerprint density at radius 2 is 1.92 bits per heavy atom. The summed E-state index contributed by atoms with van der Waals surface area (Å²) in [5.74, 6) is 0.775. The van der Waals surface area contributed by atoms with Crippen LogP contribution in [0, 0.1) is 6.92 Å². The quantitative estimate of drug-likeness (QED) is 0.725. The third kappa shape index (κ3) is 4.07. The van der Waals surface area contributed by atoms with Gasteiger partial charge in [0.2, 0.25) is 5.95 Å². The largest absolute Gasteiger partial charge is 0.382 e. The summed E-state index contributed by atoms with van der Waals surface area (Å²) in [4.78, 5) is 15.4. The van der Waals surface area contributed by atoms with Gasteiger partial charge in [-0.3, -0.25) is 4.98 Å². The average Bonchev–Trinajstić information content (AvgIpc) is 2.99. The Morgan fingerprint density at radius 1 is 1.17 bits per heavy atom. The molecule has 0 aromatic carbocycles. The van der Waals surface area contributed by atoms with Crippen LogP contribution in [0.2, 0.25) is 0 Å². The highest BCUT2D eigenvalue weighted by Gasteiger charge is 2.36. The molecule has 0 N–H and O–H groups in total. The number of hydrogen-bond acceptors (Lipinski definition) is 6. The van der Waals surface area contributed by atoms with Crippen LogP contribution < -0.4 is 4.90 Å². The monoisotopic (exact) mass is 328 g/mol. The molecule has 0 aliphatic carbocycles. The van der Waals surface area contributed by atoms with Crippen molar-refractivity contribution in [2.24, 2.45) is 0 Å². The van der Waals surface area contributed by atoms with Gasteiger partial charge >= 0.3 is 0 Å². The molecule has 6 nitrogen and oxygen atoms in total. The molecule has 0 unspecified atom stereocenters. The molecule has 2 atom stereocenters. The Hall–Kier alpha value is -2.05. The van der Waals surface area contributed by atoms with Crippen LogP contribution in [0.1, 0.15) is 17.5 Å². The zero-order valence-electron chi connectivity index (χ0n) is 14.3. The third-order valence-corrected chi connectivity index (χ3v) is 4.32. The van der Waals surface area contributed by atoms with Gasteiger partial charge in [-0.15, -0.1) is 0 Å². The topological polar surface area (TPSA) is 60.4 Å². The second kappa shape index (κ2) is 8.17. The number of hydrogen-bond donors (Lipinski definition) is 0. The van der Waals surface area contributed by atoms with E-state index in [1.165, 1.54) is 5.56 Å². The van der Waals surface area contributed by atoms with Gasteiger partial charge in [0.1, 0.15) is 0 Å². The molecule has 2 aromatic rings. The molecule has 1 aliphatic heterocycles. The molecule has 0 spiro atoms. The van der Waals surface area contributed by atoms with Gasteiger partial charge in [-0.2, -0.15) is 0 Å². The number of anilines is 1. The number of pyridine rings is 1. The second-order valence-electron chi connectivity index (χ2n) is 6.07. The van der Waals surface area contributed by atoms with Crippen molar-refractivity contribution >= 4 is 5.95 Å². The van der Waals surface area contributed by atoms with Crippen LogP contribution in [0.4, 0.5) is 5.95 Å². The van der Waals surface area contributed by atoms with E-state index in [0.717, 1.165) is 30.9 Å². The average molecular weight is 328 g/mol. The smallest absolute Gasteiger partial charge is 0.225 e. The van der Waals surface area contributed by atoms with Crippen LogP contribution in [0.5, 0.6) is 0 Å². The molecule has 0 bridgehead atoms. The summed E-state index contributed by atoms with van der Waals surface area (Å²) in [5, 5.41) is 0. The first-order valence-corrected chi connectivity index (χ1v) is 8.32. The Labute approximate surface area is 142 Å². The summed E-state index contributed by atoms with van der Waals surface area (Å²) in [5.41, 5.74) is 2.31. The Morgan fingerprint density at radius 3 is 2.62 bits per heavy atom. The number of rotatable bonds is 7. The zero-order valence-corrected chi connectivity index (χ0v) is 14.3. The minimum absolute atomic E-state index is 0.151. The normalized spacial score (nSPS) is 20.5. The predicted octanol–water partition coefficient (Wildman–Crippen LogP) is 2.03. The lowest BCUT2D eigenvalue weighted by Gasteiger charge is -2.28. The number of nitrogens with zero attached hydrogens (tertiary/aromatic N) is 4. The fraction of sp³-hybridized carbons (Fsp3) is 0.500. The van der Waals surface area contributed by atoms with E-state index in [1.54, 1.807) is 7.11 Å². The third-order valence-electron chi connectivity index (χ3n) is 4.32. The van der Waals surface area contributed by atoms with Crippen molar-refractivity contribution in [3.05, 3.63) is 48.0 Å². The number of aryl methyl sites for hydroxylation is 1. The van der Waals surface area contributed by atoms with Crippen molar-refractivity contribution in [3.63, 3.8) is 0 Å². The summed E-state index contributed by atoms with van der Waals surface area (Å²) in [6.07, 6.45) is 9.40. The highest BCUT2D eigenvalue weighted by Crippen LogP contribution is 2.27. The molecule has 1 saturated heterocycles. The van der Waals surface area contributed by atoms with Crippen molar-refractivity contribution in [1.29, 1.82) is 0 Å². The van der Waals surface area contributed by atoms with E-state index < -0.39 is 0 Å². The lowest BCUT2D eigenvalue weighted by atomic mass is 10.0. The van der Waals surface area contributed by atoms with Crippen LogP contribution in [-0.4, -0.2) is 54.0 Å². The van der Waals surface area contributed by atoms with Gasteiger partial charge in [-0.1, -0.05) is 0 Å². The molecular weight excluding hydrogens is 304 g/mol. The van der Waals surface area contributed by atoms with Gasteiger partial charge < -0.3 is 14.4 Å².